The third-order valence-corrected chi connectivity index (χ3v) is 7.08. The summed E-state index contributed by atoms with van der Waals surface area (Å²) in [5, 5.41) is -0.671. The molecule has 0 saturated carbocycles. The molecule has 7 heteroatoms. The number of morpholine rings is 1. The van der Waals surface area contributed by atoms with Crippen molar-refractivity contribution in [2.75, 3.05) is 37.8 Å². The van der Waals surface area contributed by atoms with Gasteiger partial charge in [-0.2, -0.15) is 0 Å². The van der Waals surface area contributed by atoms with Crippen LogP contribution in [0.25, 0.3) is 0 Å². The van der Waals surface area contributed by atoms with Gasteiger partial charge in [0.25, 0.3) is 0 Å². The average molecular weight is 424 g/mol. The predicted molar refractivity (Wildman–Crippen MR) is 99.0 cm³/mol. The Labute approximate surface area is 155 Å². The molecule has 0 N–H and O–H groups in total. The smallest absolute Gasteiger partial charge is 0.189 e. The van der Waals surface area contributed by atoms with Gasteiger partial charge >= 0.3 is 0 Å². The molecule has 1 atom stereocenters. The molecule has 2 aromatic carbocycles. The molecule has 1 fully saturated rings. The summed E-state index contributed by atoms with van der Waals surface area (Å²) in [4.78, 5) is 2.46. The van der Waals surface area contributed by atoms with Crippen molar-refractivity contribution < 1.29 is 17.9 Å². The van der Waals surface area contributed by atoms with Gasteiger partial charge in [-0.3, -0.25) is 0 Å². The highest BCUT2D eigenvalue weighted by Gasteiger charge is 2.36. The summed E-state index contributed by atoms with van der Waals surface area (Å²) < 4.78 is 38.2. The van der Waals surface area contributed by atoms with Gasteiger partial charge in [-0.1, -0.05) is 34.1 Å². The van der Waals surface area contributed by atoms with Gasteiger partial charge in [0.05, 0.1) is 18.1 Å². The molecule has 0 spiro atoms. The van der Waals surface area contributed by atoms with E-state index >= 15 is 0 Å². The molecular weight excluding hydrogens is 406 g/mol. The van der Waals surface area contributed by atoms with Crippen molar-refractivity contribution in [1.29, 1.82) is 0 Å². The summed E-state index contributed by atoms with van der Waals surface area (Å²) in [6, 6.07) is 12.7. The van der Waals surface area contributed by atoms with Gasteiger partial charge in [-0.05, 0) is 24.3 Å². The second kappa shape index (κ2) is 6.63. The van der Waals surface area contributed by atoms with E-state index in [0.29, 0.717) is 23.9 Å². The molecule has 2 aromatic rings. The van der Waals surface area contributed by atoms with Gasteiger partial charge in [0.15, 0.2) is 9.84 Å². The summed E-state index contributed by atoms with van der Waals surface area (Å²) in [7, 11) is -3.55. The van der Waals surface area contributed by atoms with Crippen LogP contribution in [0.15, 0.2) is 51.8 Å². The van der Waals surface area contributed by atoms with Crippen LogP contribution in [0.4, 0.5) is 5.69 Å². The monoisotopic (exact) mass is 423 g/mol. The van der Waals surface area contributed by atoms with Crippen molar-refractivity contribution in [1.82, 2.24) is 0 Å². The van der Waals surface area contributed by atoms with Crippen LogP contribution in [0.3, 0.4) is 0 Å². The number of rotatable bonds is 3. The fraction of sp³-hybridized carbons (Fsp3) is 0.333. The van der Waals surface area contributed by atoms with E-state index in [1.54, 1.807) is 12.1 Å². The standard InChI is InChI=1S/C18H18BrNO4S/c19-13-9-14(20-5-7-23-8-6-20)11-15(10-13)25(21,22)18-12-24-17-4-2-1-3-16(17)18/h1-4,9-11,18H,5-8,12H2. The van der Waals surface area contributed by atoms with Gasteiger partial charge in [-0.15, -0.1) is 0 Å². The molecule has 1 saturated heterocycles. The van der Waals surface area contributed by atoms with Crippen LogP contribution in [0.1, 0.15) is 10.8 Å². The molecule has 2 heterocycles. The number of hydrogen-bond acceptors (Lipinski definition) is 5. The maximum Gasteiger partial charge on any atom is 0.189 e. The van der Waals surface area contributed by atoms with Crippen molar-refractivity contribution >= 4 is 31.5 Å². The molecule has 4 rings (SSSR count). The maximum absolute atomic E-state index is 13.2. The van der Waals surface area contributed by atoms with Gasteiger partial charge in [0.1, 0.15) is 17.6 Å². The molecule has 2 aliphatic rings. The molecule has 0 radical (unpaired) electrons. The molecule has 132 valence electrons. The lowest BCUT2D eigenvalue weighted by atomic mass is 10.2. The molecule has 25 heavy (non-hydrogen) atoms. The summed E-state index contributed by atoms with van der Waals surface area (Å²) in [5.74, 6) is 0.652. The molecule has 5 nitrogen and oxygen atoms in total. The van der Waals surface area contributed by atoms with Crippen molar-refractivity contribution in [2.45, 2.75) is 10.1 Å². The fourth-order valence-electron chi connectivity index (χ4n) is 3.27. The van der Waals surface area contributed by atoms with Crippen LogP contribution in [0.5, 0.6) is 5.75 Å². The Kier molecular flexibility index (Phi) is 4.47. The van der Waals surface area contributed by atoms with Crippen molar-refractivity contribution in [3.63, 3.8) is 0 Å². The number of sulfone groups is 1. The van der Waals surface area contributed by atoms with Crippen molar-refractivity contribution in [3.05, 3.63) is 52.5 Å². The third kappa shape index (κ3) is 3.16. The third-order valence-electron chi connectivity index (χ3n) is 4.59. The number of benzene rings is 2. The molecule has 0 aromatic heterocycles. The first-order chi connectivity index (χ1) is 12.1. The number of para-hydroxylation sites is 1. The maximum atomic E-state index is 13.2. The van der Waals surface area contributed by atoms with E-state index in [1.165, 1.54) is 0 Å². The number of ether oxygens (including phenoxy) is 2. The van der Waals surface area contributed by atoms with E-state index < -0.39 is 15.1 Å². The first-order valence-electron chi connectivity index (χ1n) is 8.14. The highest BCUT2D eigenvalue weighted by atomic mass is 79.9. The minimum Gasteiger partial charge on any atom is -0.492 e. The van der Waals surface area contributed by atoms with E-state index in [9.17, 15) is 8.42 Å². The quantitative estimate of drug-likeness (QED) is 0.758. The van der Waals surface area contributed by atoms with Crippen molar-refractivity contribution in [2.24, 2.45) is 0 Å². The van der Waals surface area contributed by atoms with E-state index in [1.807, 2.05) is 30.3 Å². The zero-order valence-corrected chi connectivity index (χ0v) is 15.9. The lowest BCUT2D eigenvalue weighted by molar-refractivity contribution is 0.122. The number of nitrogens with zero attached hydrogens (tertiary/aromatic N) is 1. The van der Waals surface area contributed by atoms with E-state index in [-0.39, 0.29) is 6.61 Å². The normalized spacial score (nSPS) is 20.2. The highest BCUT2D eigenvalue weighted by Crippen LogP contribution is 2.41. The Balaban J connectivity index is 1.72. The summed E-state index contributed by atoms with van der Waals surface area (Å²) in [5.41, 5.74) is 1.62. The Bertz CT molecular complexity index is 894. The van der Waals surface area contributed by atoms with Crippen LogP contribution in [0.2, 0.25) is 0 Å². The van der Waals surface area contributed by atoms with Crippen LogP contribution in [-0.2, 0) is 14.6 Å². The van der Waals surface area contributed by atoms with E-state index in [2.05, 4.69) is 20.8 Å². The van der Waals surface area contributed by atoms with Crippen LogP contribution < -0.4 is 9.64 Å². The molecule has 1 unspecified atom stereocenters. The molecule has 2 aliphatic heterocycles. The number of anilines is 1. The van der Waals surface area contributed by atoms with Gasteiger partial charge < -0.3 is 14.4 Å². The van der Waals surface area contributed by atoms with E-state index in [4.69, 9.17) is 9.47 Å². The first kappa shape index (κ1) is 16.9. The van der Waals surface area contributed by atoms with Gasteiger partial charge in [0, 0.05) is 28.8 Å². The lowest BCUT2D eigenvalue weighted by Gasteiger charge is -2.29. The first-order valence-corrected chi connectivity index (χ1v) is 10.5. The zero-order chi connectivity index (χ0) is 17.4. The largest absolute Gasteiger partial charge is 0.492 e. The Hall–Kier alpha value is -1.57. The Morgan fingerprint density at radius 3 is 2.64 bits per heavy atom. The predicted octanol–water partition coefficient (Wildman–Crippen LogP) is 3.19. The van der Waals surface area contributed by atoms with Crippen molar-refractivity contribution in [3.8, 4) is 5.75 Å². The molecular formula is C18H18BrNO4S. The Morgan fingerprint density at radius 2 is 1.84 bits per heavy atom. The summed E-state index contributed by atoms with van der Waals surface area (Å²) in [6.45, 7) is 2.97. The number of halogens is 1. The second-order valence-corrected chi connectivity index (χ2v) is 9.17. The van der Waals surface area contributed by atoms with Crippen LogP contribution >= 0.6 is 15.9 Å². The minimum atomic E-state index is -3.55. The van der Waals surface area contributed by atoms with Gasteiger partial charge in [-0.25, -0.2) is 8.42 Å². The minimum absolute atomic E-state index is 0.154. The SMILES string of the molecule is O=S(=O)(c1cc(Br)cc(N2CCOCC2)c1)C1COc2ccccc21. The van der Waals surface area contributed by atoms with E-state index in [0.717, 1.165) is 28.8 Å². The highest BCUT2D eigenvalue weighted by molar-refractivity contribution is 9.10. The second-order valence-electron chi connectivity index (χ2n) is 6.13. The number of fused-ring (bicyclic) bond motifs is 1. The topological polar surface area (TPSA) is 55.8 Å². The van der Waals surface area contributed by atoms with Gasteiger partial charge in [0.2, 0.25) is 0 Å². The zero-order valence-electron chi connectivity index (χ0n) is 13.5. The lowest BCUT2D eigenvalue weighted by Crippen LogP contribution is -2.36. The Morgan fingerprint density at radius 1 is 1.08 bits per heavy atom. The average Bonchev–Trinajstić information content (AvgIpc) is 3.07. The van der Waals surface area contributed by atoms with Crippen LogP contribution in [0, 0.1) is 0 Å². The number of hydrogen-bond donors (Lipinski definition) is 0. The molecule has 0 amide bonds. The summed E-state index contributed by atoms with van der Waals surface area (Å²) in [6.07, 6.45) is 0. The summed E-state index contributed by atoms with van der Waals surface area (Å²) >= 11 is 3.46. The fourth-order valence-corrected chi connectivity index (χ4v) is 5.58. The van der Waals surface area contributed by atoms with Crippen LogP contribution in [-0.4, -0.2) is 41.3 Å². The molecule has 0 bridgehead atoms. The molecule has 0 aliphatic carbocycles.